The quantitative estimate of drug-likeness (QED) is 0.885. The van der Waals surface area contributed by atoms with E-state index in [1.165, 1.54) is 0 Å². The molecule has 0 radical (unpaired) electrons. The Morgan fingerprint density at radius 3 is 2.45 bits per heavy atom. The molecule has 0 atom stereocenters. The molecule has 0 saturated carbocycles. The number of amides is 2. The van der Waals surface area contributed by atoms with Crippen LogP contribution in [0.3, 0.4) is 0 Å². The van der Waals surface area contributed by atoms with Gasteiger partial charge in [-0.1, -0.05) is 15.9 Å². The molecule has 0 aliphatic heterocycles. The van der Waals surface area contributed by atoms with E-state index in [1.807, 2.05) is 39.8 Å². The zero-order chi connectivity index (χ0) is 15.3. The van der Waals surface area contributed by atoms with Gasteiger partial charge in [0.25, 0.3) is 5.91 Å². The highest BCUT2D eigenvalue weighted by molar-refractivity contribution is 9.10. The molecule has 0 aliphatic rings. The molecule has 0 fully saturated rings. The van der Waals surface area contributed by atoms with Crippen molar-refractivity contribution in [3.63, 3.8) is 0 Å². The Morgan fingerprint density at radius 1 is 1.25 bits per heavy atom. The van der Waals surface area contributed by atoms with Crippen molar-refractivity contribution in [1.29, 1.82) is 0 Å². The largest absolute Gasteiger partial charge is 0.352 e. The van der Waals surface area contributed by atoms with E-state index in [0.29, 0.717) is 12.1 Å². The Hall–Kier alpha value is -1.36. The first-order chi connectivity index (χ1) is 9.19. The number of hydrogen-bond donors (Lipinski definition) is 2. The molecule has 1 rings (SSSR count). The van der Waals surface area contributed by atoms with Crippen LogP contribution in [0, 0.1) is 6.92 Å². The van der Waals surface area contributed by atoms with Gasteiger partial charge in [-0.2, -0.15) is 0 Å². The summed E-state index contributed by atoms with van der Waals surface area (Å²) in [4.78, 5) is 23.5. The highest BCUT2D eigenvalue weighted by atomic mass is 79.9. The molecule has 0 saturated heterocycles. The molecule has 2 amide bonds. The van der Waals surface area contributed by atoms with E-state index in [-0.39, 0.29) is 23.8 Å². The van der Waals surface area contributed by atoms with Gasteiger partial charge in [0.1, 0.15) is 0 Å². The molecule has 0 unspecified atom stereocenters. The zero-order valence-electron chi connectivity index (χ0n) is 12.3. The van der Waals surface area contributed by atoms with Gasteiger partial charge < -0.3 is 10.6 Å². The van der Waals surface area contributed by atoms with Gasteiger partial charge in [-0.3, -0.25) is 9.59 Å². The number of rotatable bonds is 4. The minimum Gasteiger partial charge on any atom is -0.352 e. The van der Waals surface area contributed by atoms with E-state index in [1.54, 1.807) is 6.07 Å². The lowest BCUT2D eigenvalue weighted by Gasteiger charge is -2.20. The summed E-state index contributed by atoms with van der Waals surface area (Å²) >= 11 is 3.39. The highest BCUT2D eigenvalue weighted by Gasteiger charge is 2.13. The molecule has 0 bridgehead atoms. The number of aryl methyl sites for hydroxylation is 1. The second-order valence-corrected chi connectivity index (χ2v) is 6.62. The average molecular weight is 341 g/mol. The predicted molar refractivity (Wildman–Crippen MR) is 83.7 cm³/mol. The van der Waals surface area contributed by atoms with Crippen LogP contribution in [0.5, 0.6) is 0 Å². The van der Waals surface area contributed by atoms with Gasteiger partial charge in [-0.05, 0) is 51.5 Å². The van der Waals surface area contributed by atoms with Crippen molar-refractivity contribution in [3.05, 3.63) is 33.8 Å². The van der Waals surface area contributed by atoms with Gasteiger partial charge in [0.2, 0.25) is 5.91 Å². The molecule has 1 aromatic rings. The van der Waals surface area contributed by atoms with Gasteiger partial charge in [0.15, 0.2) is 0 Å². The van der Waals surface area contributed by atoms with Crippen molar-refractivity contribution in [2.24, 2.45) is 0 Å². The summed E-state index contributed by atoms with van der Waals surface area (Å²) in [6.45, 7) is 8.03. The van der Waals surface area contributed by atoms with Crippen molar-refractivity contribution in [1.82, 2.24) is 10.6 Å². The third-order valence-electron chi connectivity index (χ3n) is 2.57. The number of halogens is 1. The molecule has 4 nitrogen and oxygen atoms in total. The van der Waals surface area contributed by atoms with E-state index >= 15 is 0 Å². The topological polar surface area (TPSA) is 58.2 Å². The maximum absolute atomic E-state index is 11.9. The van der Waals surface area contributed by atoms with E-state index in [0.717, 1.165) is 10.0 Å². The van der Waals surface area contributed by atoms with E-state index in [9.17, 15) is 9.59 Å². The Morgan fingerprint density at radius 2 is 1.90 bits per heavy atom. The van der Waals surface area contributed by atoms with Crippen molar-refractivity contribution in [3.8, 4) is 0 Å². The number of carbonyl (C=O) groups excluding carboxylic acids is 2. The van der Waals surface area contributed by atoms with E-state index < -0.39 is 0 Å². The van der Waals surface area contributed by atoms with E-state index in [2.05, 4.69) is 26.6 Å². The molecular weight excluding hydrogens is 320 g/mol. The van der Waals surface area contributed by atoms with Gasteiger partial charge in [-0.25, -0.2) is 0 Å². The highest BCUT2D eigenvalue weighted by Crippen LogP contribution is 2.16. The minimum absolute atomic E-state index is 0.0650. The summed E-state index contributed by atoms with van der Waals surface area (Å²) in [6, 6.07) is 5.41. The monoisotopic (exact) mass is 340 g/mol. The predicted octanol–water partition coefficient (Wildman–Crippen LogP) is 2.79. The molecule has 0 aliphatic carbocycles. The lowest BCUT2D eigenvalue weighted by Crippen LogP contribution is -2.41. The number of hydrogen-bond acceptors (Lipinski definition) is 2. The molecule has 0 aromatic heterocycles. The normalized spacial score (nSPS) is 11.1. The molecule has 0 heterocycles. The third-order valence-corrected chi connectivity index (χ3v) is 3.46. The summed E-state index contributed by atoms with van der Waals surface area (Å²) in [5.41, 5.74) is 1.36. The molecule has 2 N–H and O–H groups in total. The standard InChI is InChI=1S/C15H21BrN2O2/c1-10-9-11(5-6-12(10)16)14(20)17-8-7-13(19)18-15(2,3)4/h5-6,9H,7-8H2,1-4H3,(H,17,20)(H,18,19). The summed E-state index contributed by atoms with van der Waals surface area (Å²) in [6.07, 6.45) is 0.276. The van der Waals surface area contributed by atoms with Crippen molar-refractivity contribution >= 4 is 27.7 Å². The second-order valence-electron chi connectivity index (χ2n) is 5.77. The van der Waals surface area contributed by atoms with Gasteiger partial charge in [0.05, 0.1) is 0 Å². The lowest BCUT2D eigenvalue weighted by atomic mass is 10.1. The maximum atomic E-state index is 11.9. The SMILES string of the molecule is Cc1cc(C(=O)NCCC(=O)NC(C)(C)C)ccc1Br. The second kappa shape index (κ2) is 6.88. The van der Waals surface area contributed by atoms with Crippen molar-refractivity contribution in [2.45, 2.75) is 39.7 Å². The smallest absolute Gasteiger partial charge is 0.251 e. The molecule has 0 spiro atoms. The third kappa shape index (κ3) is 5.74. The van der Waals surface area contributed by atoms with Crippen LogP contribution in [0.2, 0.25) is 0 Å². The van der Waals surface area contributed by atoms with Crippen molar-refractivity contribution < 1.29 is 9.59 Å². The number of nitrogens with one attached hydrogen (secondary N) is 2. The summed E-state index contributed by atoms with van der Waals surface area (Å²) in [5.74, 6) is -0.228. The Bertz CT molecular complexity index is 507. The van der Waals surface area contributed by atoms with Gasteiger partial charge in [0, 0.05) is 28.5 Å². The maximum Gasteiger partial charge on any atom is 0.251 e. The molecule has 20 heavy (non-hydrogen) atoms. The van der Waals surface area contributed by atoms with Crippen LogP contribution in [0.25, 0.3) is 0 Å². The summed E-state index contributed by atoms with van der Waals surface area (Å²) in [5, 5.41) is 5.60. The summed E-state index contributed by atoms with van der Waals surface area (Å²) < 4.78 is 0.971. The Balaban J connectivity index is 2.44. The average Bonchev–Trinajstić information content (AvgIpc) is 2.30. The van der Waals surface area contributed by atoms with E-state index in [4.69, 9.17) is 0 Å². The van der Waals surface area contributed by atoms with Crippen LogP contribution in [0.4, 0.5) is 0 Å². The van der Waals surface area contributed by atoms with Gasteiger partial charge >= 0.3 is 0 Å². The first-order valence-electron chi connectivity index (χ1n) is 6.54. The van der Waals surface area contributed by atoms with Crippen LogP contribution in [0.1, 0.15) is 43.1 Å². The first-order valence-corrected chi connectivity index (χ1v) is 7.34. The van der Waals surface area contributed by atoms with Crippen LogP contribution in [-0.2, 0) is 4.79 Å². The van der Waals surface area contributed by atoms with Crippen LogP contribution < -0.4 is 10.6 Å². The summed E-state index contributed by atoms with van der Waals surface area (Å²) in [7, 11) is 0. The fourth-order valence-electron chi connectivity index (χ4n) is 1.66. The molecule has 5 heteroatoms. The van der Waals surface area contributed by atoms with Crippen LogP contribution in [-0.4, -0.2) is 23.9 Å². The minimum atomic E-state index is -0.246. The molecule has 1 aromatic carbocycles. The lowest BCUT2D eigenvalue weighted by molar-refractivity contribution is -0.122. The zero-order valence-corrected chi connectivity index (χ0v) is 13.9. The fourth-order valence-corrected chi connectivity index (χ4v) is 1.90. The molecular formula is C15H21BrN2O2. The Kier molecular flexibility index (Phi) is 5.74. The molecule has 110 valence electrons. The number of carbonyl (C=O) groups is 2. The van der Waals surface area contributed by atoms with Gasteiger partial charge in [-0.15, -0.1) is 0 Å². The Labute approximate surface area is 128 Å². The number of benzene rings is 1. The van der Waals surface area contributed by atoms with Crippen LogP contribution in [0.15, 0.2) is 22.7 Å². The van der Waals surface area contributed by atoms with Crippen LogP contribution >= 0.6 is 15.9 Å². The first kappa shape index (κ1) is 16.7. The van der Waals surface area contributed by atoms with Crippen molar-refractivity contribution in [2.75, 3.05) is 6.54 Å². The fraction of sp³-hybridized carbons (Fsp3) is 0.467.